The molecule has 0 bridgehead atoms. The maximum atomic E-state index is 5.47. The van der Waals surface area contributed by atoms with Crippen molar-refractivity contribution < 1.29 is 4.74 Å². The van der Waals surface area contributed by atoms with Gasteiger partial charge in [0.05, 0.1) is 7.11 Å². The van der Waals surface area contributed by atoms with Crippen molar-refractivity contribution in [2.24, 2.45) is 0 Å². The van der Waals surface area contributed by atoms with Crippen molar-refractivity contribution in [1.29, 1.82) is 0 Å². The van der Waals surface area contributed by atoms with E-state index in [1.54, 1.807) is 7.11 Å². The number of aryl methyl sites for hydroxylation is 1. The number of nitrogens with one attached hydrogen (secondary N) is 1. The van der Waals surface area contributed by atoms with Gasteiger partial charge in [-0.15, -0.1) is 6.58 Å². The summed E-state index contributed by atoms with van der Waals surface area (Å²) < 4.78 is 5.47. The molecule has 1 N–H and O–H groups in total. The Morgan fingerprint density at radius 3 is 2.71 bits per heavy atom. The van der Waals surface area contributed by atoms with E-state index >= 15 is 0 Å². The molecular weight excluding hydrogens is 210 g/mol. The Balaban J connectivity index is 3.03. The Bertz CT molecular complexity index is 385. The highest BCUT2D eigenvalue weighted by Crippen LogP contribution is 2.29. The molecule has 1 aromatic carbocycles. The lowest BCUT2D eigenvalue weighted by Gasteiger charge is -2.21. The van der Waals surface area contributed by atoms with Crippen LogP contribution in [0.5, 0.6) is 5.75 Å². The van der Waals surface area contributed by atoms with Gasteiger partial charge in [-0.2, -0.15) is 0 Å². The van der Waals surface area contributed by atoms with Crippen molar-refractivity contribution in [2.45, 2.75) is 33.2 Å². The van der Waals surface area contributed by atoms with Crippen LogP contribution in [0.15, 0.2) is 30.4 Å². The van der Waals surface area contributed by atoms with Crippen LogP contribution in [-0.2, 0) is 0 Å². The minimum absolute atomic E-state index is 0.285. The average Bonchev–Trinajstić information content (AvgIpc) is 2.27. The lowest BCUT2D eigenvalue weighted by Crippen LogP contribution is -2.21. The fourth-order valence-electron chi connectivity index (χ4n) is 1.99. The second kappa shape index (κ2) is 6.45. The van der Waals surface area contributed by atoms with Gasteiger partial charge in [0.25, 0.3) is 0 Å². The van der Waals surface area contributed by atoms with Crippen molar-refractivity contribution >= 4 is 0 Å². The van der Waals surface area contributed by atoms with Gasteiger partial charge < -0.3 is 10.1 Å². The van der Waals surface area contributed by atoms with Crippen LogP contribution in [0.3, 0.4) is 0 Å². The molecule has 17 heavy (non-hydrogen) atoms. The summed E-state index contributed by atoms with van der Waals surface area (Å²) in [6.45, 7) is 11.2. The van der Waals surface area contributed by atoms with Crippen molar-refractivity contribution in [3.05, 3.63) is 41.5 Å². The maximum absolute atomic E-state index is 5.47. The van der Waals surface area contributed by atoms with Gasteiger partial charge >= 0.3 is 0 Å². The van der Waals surface area contributed by atoms with Crippen LogP contribution in [0.1, 0.15) is 37.4 Å². The number of ether oxygens (including phenoxy) is 1. The molecule has 0 aliphatic carbocycles. The smallest absolute Gasteiger partial charge is 0.123 e. The molecular formula is C15H23NO. The second-order valence-electron chi connectivity index (χ2n) is 4.52. The molecule has 0 saturated carbocycles. The van der Waals surface area contributed by atoms with Crippen LogP contribution in [0.4, 0.5) is 0 Å². The van der Waals surface area contributed by atoms with Crippen LogP contribution >= 0.6 is 0 Å². The van der Waals surface area contributed by atoms with E-state index in [9.17, 15) is 0 Å². The van der Waals surface area contributed by atoms with E-state index in [1.165, 1.54) is 16.7 Å². The Morgan fingerprint density at radius 1 is 1.47 bits per heavy atom. The molecule has 1 atom stereocenters. The first-order valence-electron chi connectivity index (χ1n) is 6.10. The van der Waals surface area contributed by atoms with E-state index in [0.717, 1.165) is 18.7 Å². The second-order valence-corrected chi connectivity index (χ2v) is 4.52. The molecule has 94 valence electrons. The van der Waals surface area contributed by atoms with E-state index in [0.29, 0.717) is 0 Å². The first-order chi connectivity index (χ1) is 8.08. The van der Waals surface area contributed by atoms with Gasteiger partial charge in [-0.1, -0.05) is 24.6 Å². The number of hydrogen-bond acceptors (Lipinski definition) is 2. The summed E-state index contributed by atoms with van der Waals surface area (Å²) in [4.78, 5) is 0. The van der Waals surface area contributed by atoms with Crippen molar-refractivity contribution in [1.82, 2.24) is 5.32 Å². The lowest BCUT2D eigenvalue weighted by molar-refractivity contribution is 0.399. The Kier molecular flexibility index (Phi) is 5.23. The largest absolute Gasteiger partial charge is 0.496 e. The monoisotopic (exact) mass is 233 g/mol. The standard InChI is InChI=1S/C15H23NO/c1-6-16-14(9-11(2)3)13-8-7-12(4)10-15(13)17-5/h7-8,10,14,16H,2,6,9H2,1,3-5H3. The van der Waals surface area contributed by atoms with E-state index in [2.05, 4.69) is 50.9 Å². The fraction of sp³-hybridized carbons (Fsp3) is 0.467. The third-order valence-electron chi connectivity index (χ3n) is 2.77. The molecule has 0 spiro atoms. The van der Waals surface area contributed by atoms with Crippen LogP contribution in [0.25, 0.3) is 0 Å². The zero-order valence-electron chi connectivity index (χ0n) is 11.3. The number of rotatable bonds is 6. The summed E-state index contributed by atoms with van der Waals surface area (Å²) in [6.07, 6.45) is 0.938. The van der Waals surface area contributed by atoms with Gasteiger partial charge in [0, 0.05) is 11.6 Å². The lowest BCUT2D eigenvalue weighted by atomic mass is 9.98. The number of hydrogen-bond donors (Lipinski definition) is 1. The minimum atomic E-state index is 0.285. The summed E-state index contributed by atoms with van der Waals surface area (Å²) in [5, 5.41) is 3.48. The van der Waals surface area contributed by atoms with Crippen molar-refractivity contribution in [2.75, 3.05) is 13.7 Å². The zero-order valence-corrected chi connectivity index (χ0v) is 11.3. The summed E-state index contributed by atoms with van der Waals surface area (Å²) in [7, 11) is 1.72. The summed E-state index contributed by atoms with van der Waals surface area (Å²) in [5.41, 5.74) is 3.61. The molecule has 0 amide bonds. The molecule has 0 fully saturated rings. The summed E-state index contributed by atoms with van der Waals surface area (Å²) >= 11 is 0. The predicted molar refractivity (Wildman–Crippen MR) is 73.6 cm³/mol. The van der Waals surface area contributed by atoms with Crippen molar-refractivity contribution in [3.8, 4) is 5.75 Å². The number of methoxy groups -OCH3 is 1. The maximum Gasteiger partial charge on any atom is 0.123 e. The Labute approximate surface area is 105 Å². The average molecular weight is 233 g/mol. The molecule has 0 saturated heterocycles. The van der Waals surface area contributed by atoms with Gasteiger partial charge in [-0.3, -0.25) is 0 Å². The molecule has 0 aromatic heterocycles. The third-order valence-corrected chi connectivity index (χ3v) is 2.77. The van der Waals surface area contributed by atoms with Gasteiger partial charge in [0.1, 0.15) is 5.75 Å². The van der Waals surface area contributed by atoms with Crippen molar-refractivity contribution in [3.63, 3.8) is 0 Å². The highest BCUT2D eigenvalue weighted by atomic mass is 16.5. The summed E-state index contributed by atoms with van der Waals surface area (Å²) in [6, 6.07) is 6.64. The molecule has 0 radical (unpaired) electrons. The molecule has 1 aromatic rings. The third kappa shape index (κ3) is 3.90. The first kappa shape index (κ1) is 13.8. The van der Waals surface area contributed by atoms with E-state index in [4.69, 9.17) is 4.74 Å². The highest BCUT2D eigenvalue weighted by Gasteiger charge is 2.15. The Morgan fingerprint density at radius 2 is 2.18 bits per heavy atom. The highest BCUT2D eigenvalue weighted by molar-refractivity contribution is 5.39. The fourth-order valence-corrected chi connectivity index (χ4v) is 1.99. The molecule has 1 rings (SSSR count). The first-order valence-corrected chi connectivity index (χ1v) is 6.10. The SMILES string of the molecule is C=C(C)CC(NCC)c1ccc(C)cc1OC. The van der Waals surface area contributed by atoms with Crippen LogP contribution < -0.4 is 10.1 Å². The molecule has 2 heteroatoms. The normalized spacial score (nSPS) is 12.2. The van der Waals surface area contributed by atoms with Gasteiger partial charge in [-0.05, 0) is 38.4 Å². The predicted octanol–water partition coefficient (Wildman–Crippen LogP) is 3.62. The van der Waals surface area contributed by atoms with Crippen LogP contribution in [-0.4, -0.2) is 13.7 Å². The topological polar surface area (TPSA) is 21.3 Å². The zero-order chi connectivity index (χ0) is 12.8. The number of benzene rings is 1. The molecule has 0 aliphatic heterocycles. The molecule has 1 unspecified atom stereocenters. The molecule has 0 aliphatic rings. The summed E-state index contributed by atoms with van der Waals surface area (Å²) in [5.74, 6) is 0.956. The van der Waals surface area contributed by atoms with Gasteiger partial charge in [0.15, 0.2) is 0 Å². The van der Waals surface area contributed by atoms with Crippen LogP contribution in [0, 0.1) is 6.92 Å². The van der Waals surface area contributed by atoms with E-state index in [-0.39, 0.29) is 6.04 Å². The molecule has 0 heterocycles. The molecule has 2 nitrogen and oxygen atoms in total. The van der Waals surface area contributed by atoms with E-state index in [1.807, 2.05) is 0 Å². The minimum Gasteiger partial charge on any atom is -0.496 e. The quantitative estimate of drug-likeness (QED) is 0.758. The Hall–Kier alpha value is -1.28. The van der Waals surface area contributed by atoms with Gasteiger partial charge in [0.2, 0.25) is 0 Å². The van der Waals surface area contributed by atoms with Crippen LogP contribution in [0.2, 0.25) is 0 Å². The van der Waals surface area contributed by atoms with Gasteiger partial charge in [-0.25, -0.2) is 0 Å². The van der Waals surface area contributed by atoms with E-state index < -0.39 is 0 Å².